The Morgan fingerprint density at radius 3 is 2.76 bits per heavy atom. The molecule has 0 heterocycles. The lowest BCUT2D eigenvalue weighted by Gasteiger charge is -2.43. The molecule has 3 aliphatic rings. The zero-order chi connectivity index (χ0) is 15.0. The number of alkyl carbamates (subject to hydrolysis) is 1. The Bertz CT molecular complexity index is 423. The minimum absolute atomic E-state index is 0.304. The zero-order valence-corrected chi connectivity index (χ0v) is 13.4. The zero-order valence-electron chi connectivity index (χ0n) is 13.4. The standard InChI is InChI=1S/C17H28N2O2/c1-17(2,3)21-16(20)18-10-15(11-7-8-11)19-14-9-12-5-4-6-13(12)14/h4,6,11-15,19H,5,7-10H2,1-3H3,(H,18,20). The third kappa shape index (κ3) is 3.79. The Labute approximate surface area is 127 Å². The van der Waals surface area contributed by atoms with Gasteiger partial charge >= 0.3 is 6.09 Å². The summed E-state index contributed by atoms with van der Waals surface area (Å²) in [5.74, 6) is 2.33. The Kier molecular flexibility index (Phi) is 4.00. The Morgan fingerprint density at radius 1 is 1.38 bits per heavy atom. The van der Waals surface area contributed by atoms with Crippen molar-refractivity contribution in [3.63, 3.8) is 0 Å². The maximum absolute atomic E-state index is 11.8. The van der Waals surface area contributed by atoms with Crippen molar-refractivity contribution in [1.29, 1.82) is 0 Å². The molecule has 0 bridgehead atoms. The molecule has 2 N–H and O–H groups in total. The summed E-state index contributed by atoms with van der Waals surface area (Å²) in [4.78, 5) is 11.8. The fourth-order valence-electron chi connectivity index (χ4n) is 3.55. The van der Waals surface area contributed by atoms with Crippen molar-refractivity contribution in [3.05, 3.63) is 12.2 Å². The van der Waals surface area contributed by atoms with Crippen LogP contribution in [-0.4, -0.2) is 30.3 Å². The van der Waals surface area contributed by atoms with Crippen molar-refractivity contribution in [2.45, 2.75) is 64.1 Å². The number of nitrogens with one attached hydrogen (secondary N) is 2. The van der Waals surface area contributed by atoms with Gasteiger partial charge in [-0.3, -0.25) is 0 Å². The normalized spacial score (nSPS) is 32.2. The van der Waals surface area contributed by atoms with Gasteiger partial charge in [0.2, 0.25) is 0 Å². The van der Waals surface area contributed by atoms with Crippen molar-refractivity contribution < 1.29 is 9.53 Å². The maximum Gasteiger partial charge on any atom is 0.407 e. The van der Waals surface area contributed by atoms with Crippen molar-refractivity contribution in [2.75, 3.05) is 6.54 Å². The average Bonchev–Trinajstić information content (AvgIpc) is 3.11. The second-order valence-corrected chi connectivity index (χ2v) is 7.84. The van der Waals surface area contributed by atoms with Gasteiger partial charge in [-0.1, -0.05) is 12.2 Å². The molecular formula is C17H28N2O2. The minimum atomic E-state index is -0.428. The van der Waals surface area contributed by atoms with Crippen LogP contribution in [0.15, 0.2) is 12.2 Å². The number of amides is 1. The second kappa shape index (κ2) is 5.64. The van der Waals surface area contributed by atoms with E-state index in [9.17, 15) is 4.79 Å². The molecule has 3 aliphatic carbocycles. The highest BCUT2D eigenvalue weighted by Crippen LogP contribution is 2.44. The molecule has 4 nitrogen and oxygen atoms in total. The first-order valence-corrected chi connectivity index (χ1v) is 8.32. The number of ether oxygens (including phenoxy) is 1. The lowest BCUT2D eigenvalue weighted by atomic mass is 9.71. The Morgan fingerprint density at radius 2 is 2.14 bits per heavy atom. The topological polar surface area (TPSA) is 50.4 Å². The molecule has 4 heteroatoms. The van der Waals surface area contributed by atoms with Gasteiger partial charge in [0.15, 0.2) is 0 Å². The summed E-state index contributed by atoms with van der Waals surface area (Å²) in [6.07, 6.45) is 9.50. The number of carbonyl (C=O) groups excluding carboxylic acids is 1. The molecule has 2 fully saturated rings. The van der Waals surface area contributed by atoms with Gasteiger partial charge in [-0.25, -0.2) is 4.79 Å². The van der Waals surface area contributed by atoms with Crippen molar-refractivity contribution in [3.8, 4) is 0 Å². The van der Waals surface area contributed by atoms with Crippen molar-refractivity contribution in [1.82, 2.24) is 10.6 Å². The number of hydrogen-bond acceptors (Lipinski definition) is 3. The Balaban J connectivity index is 1.45. The van der Waals surface area contributed by atoms with Gasteiger partial charge in [-0.2, -0.15) is 0 Å². The predicted molar refractivity (Wildman–Crippen MR) is 83.0 cm³/mol. The lowest BCUT2D eigenvalue weighted by Crippen LogP contribution is -2.55. The van der Waals surface area contributed by atoms with Gasteiger partial charge in [0, 0.05) is 18.6 Å². The lowest BCUT2D eigenvalue weighted by molar-refractivity contribution is 0.0514. The molecule has 0 saturated heterocycles. The maximum atomic E-state index is 11.8. The van der Waals surface area contributed by atoms with Gasteiger partial charge in [0.25, 0.3) is 0 Å². The van der Waals surface area contributed by atoms with E-state index in [2.05, 4.69) is 22.8 Å². The summed E-state index contributed by atoms with van der Waals surface area (Å²) in [6.45, 7) is 6.36. The summed E-state index contributed by atoms with van der Waals surface area (Å²) >= 11 is 0. The van der Waals surface area contributed by atoms with Crippen LogP contribution in [-0.2, 0) is 4.74 Å². The van der Waals surface area contributed by atoms with E-state index in [-0.39, 0.29) is 6.09 Å². The summed E-state index contributed by atoms with van der Waals surface area (Å²) in [6, 6.07) is 1.01. The first kappa shape index (κ1) is 14.9. The molecule has 0 aromatic carbocycles. The molecule has 0 aromatic heterocycles. The molecule has 0 radical (unpaired) electrons. The quantitative estimate of drug-likeness (QED) is 0.766. The van der Waals surface area contributed by atoms with Crippen LogP contribution in [0.4, 0.5) is 4.79 Å². The van der Waals surface area contributed by atoms with Gasteiger partial charge in [0.05, 0.1) is 0 Å². The van der Waals surface area contributed by atoms with Crippen LogP contribution >= 0.6 is 0 Å². The molecule has 1 amide bonds. The Hall–Kier alpha value is -1.03. The van der Waals surface area contributed by atoms with Crippen molar-refractivity contribution in [2.24, 2.45) is 17.8 Å². The smallest absolute Gasteiger partial charge is 0.407 e. The summed E-state index contributed by atoms with van der Waals surface area (Å²) < 4.78 is 5.31. The number of carbonyl (C=O) groups is 1. The van der Waals surface area contributed by atoms with E-state index >= 15 is 0 Å². The first-order valence-electron chi connectivity index (χ1n) is 8.32. The van der Waals surface area contributed by atoms with E-state index in [0.29, 0.717) is 18.6 Å². The molecule has 0 spiro atoms. The van der Waals surface area contributed by atoms with E-state index in [1.807, 2.05) is 20.8 Å². The monoisotopic (exact) mass is 292 g/mol. The number of allylic oxidation sites excluding steroid dienone is 1. The number of fused-ring (bicyclic) bond motifs is 1. The highest BCUT2D eigenvalue weighted by molar-refractivity contribution is 5.67. The molecule has 21 heavy (non-hydrogen) atoms. The summed E-state index contributed by atoms with van der Waals surface area (Å²) in [5.41, 5.74) is -0.428. The SMILES string of the molecule is CC(C)(C)OC(=O)NCC(NC1CC2CC=CC21)C1CC1. The van der Waals surface area contributed by atoms with Crippen molar-refractivity contribution >= 4 is 6.09 Å². The summed E-state index contributed by atoms with van der Waals surface area (Å²) in [7, 11) is 0. The molecule has 3 rings (SSSR count). The summed E-state index contributed by atoms with van der Waals surface area (Å²) in [5, 5.41) is 6.72. The predicted octanol–water partition coefficient (Wildman–Crippen LogP) is 2.84. The molecule has 0 aliphatic heterocycles. The molecule has 118 valence electrons. The average molecular weight is 292 g/mol. The third-order valence-corrected chi connectivity index (χ3v) is 4.85. The fraction of sp³-hybridized carbons (Fsp3) is 0.824. The van der Waals surface area contributed by atoms with Crippen LogP contribution in [0.3, 0.4) is 0 Å². The van der Waals surface area contributed by atoms with E-state index in [0.717, 1.165) is 17.8 Å². The highest BCUT2D eigenvalue weighted by Gasteiger charge is 2.43. The number of hydrogen-bond donors (Lipinski definition) is 2. The molecule has 2 saturated carbocycles. The van der Waals surface area contributed by atoms with Gasteiger partial charge in [-0.15, -0.1) is 0 Å². The van der Waals surface area contributed by atoms with Crippen LogP contribution in [0.2, 0.25) is 0 Å². The van der Waals surface area contributed by atoms with Gasteiger partial charge in [0.1, 0.15) is 5.60 Å². The van der Waals surface area contributed by atoms with Crippen LogP contribution in [0.5, 0.6) is 0 Å². The van der Waals surface area contributed by atoms with Crippen LogP contribution in [0, 0.1) is 17.8 Å². The fourth-order valence-corrected chi connectivity index (χ4v) is 3.55. The van der Waals surface area contributed by atoms with E-state index in [1.165, 1.54) is 25.7 Å². The van der Waals surface area contributed by atoms with Gasteiger partial charge < -0.3 is 15.4 Å². The highest BCUT2D eigenvalue weighted by atomic mass is 16.6. The molecule has 4 atom stereocenters. The first-order chi connectivity index (χ1) is 9.92. The van der Waals surface area contributed by atoms with Crippen LogP contribution in [0.25, 0.3) is 0 Å². The second-order valence-electron chi connectivity index (χ2n) is 7.84. The third-order valence-electron chi connectivity index (χ3n) is 4.85. The van der Waals surface area contributed by atoms with E-state index in [4.69, 9.17) is 4.74 Å². The molecular weight excluding hydrogens is 264 g/mol. The largest absolute Gasteiger partial charge is 0.444 e. The molecule has 4 unspecified atom stereocenters. The van der Waals surface area contributed by atoms with E-state index in [1.54, 1.807) is 0 Å². The minimum Gasteiger partial charge on any atom is -0.444 e. The van der Waals surface area contributed by atoms with E-state index < -0.39 is 5.60 Å². The van der Waals surface area contributed by atoms with Crippen LogP contribution in [0.1, 0.15) is 46.5 Å². The molecule has 0 aromatic rings. The number of rotatable bonds is 5. The van der Waals surface area contributed by atoms with Gasteiger partial charge in [-0.05, 0) is 64.2 Å². The van der Waals surface area contributed by atoms with Crippen LogP contribution < -0.4 is 10.6 Å².